The molecular weight excluding hydrogens is 307 g/mol. The standard InChI is InChI=1S/C16H22Cl2N2O/c1-10(2)9-20-15(21)5-3-4-14(19)16(20)12-7-6-11(17)8-13(12)18/h6-8,10,14,16H,3-5,9,19H2,1-2H3. The molecule has 21 heavy (non-hydrogen) atoms. The van der Waals surface area contributed by atoms with Crippen molar-refractivity contribution in [2.45, 2.75) is 45.2 Å². The summed E-state index contributed by atoms with van der Waals surface area (Å²) in [5, 5.41) is 1.17. The van der Waals surface area contributed by atoms with Gasteiger partial charge in [0.25, 0.3) is 0 Å². The highest BCUT2D eigenvalue weighted by Gasteiger charge is 2.34. The van der Waals surface area contributed by atoms with E-state index in [4.69, 9.17) is 28.9 Å². The number of nitrogens with two attached hydrogens (primary N) is 1. The fraction of sp³-hybridized carbons (Fsp3) is 0.562. The molecule has 2 rings (SSSR count). The second-order valence-electron chi connectivity index (χ2n) is 6.11. The van der Waals surface area contributed by atoms with Crippen LogP contribution in [0.2, 0.25) is 10.0 Å². The first-order valence-corrected chi connectivity index (χ1v) is 8.15. The lowest BCUT2D eigenvalue weighted by Crippen LogP contribution is -2.44. The van der Waals surface area contributed by atoms with Crippen LogP contribution in [0.1, 0.15) is 44.7 Å². The number of amides is 1. The molecule has 116 valence electrons. The molecule has 1 saturated heterocycles. The van der Waals surface area contributed by atoms with Gasteiger partial charge in [-0.2, -0.15) is 0 Å². The van der Waals surface area contributed by atoms with Gasteiger partial charge in [0.2, 0.25) is 5.91 Å². The SMILES string of the molecule is CC(C)CN1C(=O)CCCC(N)C1c1ccc(Cl)cc1Cl. The molecular formula is C16H22Cl2N2O. The van der Waals surface area contributed by atoms with Gasteiger partial charge in [-0.3, -0.25) is 4.79 Å². The van der Waals surface area contributed by atoms with Crippen molar-refractivity contribution in [3.63, 3.8) is 0 Å². The normalized spacial score (nSPS) is 23.5. The third-order valence-electron chi connectivity index (χ3n) is 3.83. The summed E-state index contributed by atoms with van der Waals surface area (Å²) in [5.41, 5.74) is 7.25. The number of carbonyl (C=O) groups excluding carboxylic acids is 1. The average molecular weight is 329 g/mol. The van der Waals surface area contributed by atoms with E-state index in [-0.39, 0.29) is 18.0 Å². The Balaban J connectivity index is 2.43. The van der Waals surface area contributed by atoms with Crippen molar-refractivity contribution < 1.29 is 4.79 Å². The van der Waals surface area contributed by atoms with Gasteiger partial charge in [-0.1, -0.05) is 43.1 Å². The lowest BCUT2D eigenvalue weighted by atomic mass is 9.95. The molecule has 2 N–H and O–H groups in total. The van der Waals surface area contributed by atoms with Crippen LogP contribution < -0.4 is 5.73 Å². The van der Waals surface area contributed by atoms with E-state index in [1.165, 1.54) is 0 Å². The Labute approximate surface area is 136 Å². The van der Waals surface area contributed by atoms with E-state index in [9.17, 15) is 4.79 Å². The molecule has 1 heterocycles. The fourth-order valence-corrected chi connectivity index (χ4v) is 3.45. The number of nitrogens with zero attached hydrogens (tertiary/aromatic N) is 1. The minimum atomic E-state index is -0.174. The van der Waals surface area contributed by atoms with Gasteiger partial charge in [-0.05, 0) is 36.5 Å². The van der Waals surface area contributed by atoms with E-state index in [2.05, 4.69) is 13.8 Å². The number of hydrogen-bond acceptors (Lipinski definition) is 2. The zero-order valence-corrected chi connectivity index (χ0v) is 14.0. The molecule has 0 radical (unpaired) electrons. The summed E-state index contributed by atoms with van der Waals surface area (Å²) in [5.74, 6) is 0.542. The van der Waals surface area contributed by atoms with Crippen LogP contribution in [0.3, 0.4) is 0 Å². The third-order valence-corrected chi connectivity index (χ3v) is 4.40. The molecule has 1 aromatic carbocycles. The van der Waals surface area contributed by atoms with Crippen LogP contribution in [0.25, 0.3) is 0 Å². The van der Waals surface area contributed by atoms with Gasteiger partial charge in [0, 0.05) is 29.1 Å². The van der Waals surface area contributed by atoms with Crippen molar-refractivity contribution in [3.8, 4) is 0 Å². The second kappa shape index (κ2) is 6.99. The molecule has 1 aliphatic rings. The van der Waals surface area contributed by atoms with E-state index < -0.39 is 0 Å². The first kappa shape index (κ1) is 16.6. The maximum Gasteiger partial charge on any atom is 0.223 e. The molecule has 0 spiro atoms. The fourth-order valence-electron chi connectivity index (χ4n) is 2.93. The van der Waals surface area contributed by atoms with Gasteiger partial charge in [-0.15, -0.1) is 0 Å². The van der Waals surface area contributed by atoms with E-state index in [1.807, 2.05) is 11.0 Å². The lowest BCUT2D eigenvalue weighted by molar-refractivity contribution is -0.133. The van der Waals surface area contributed by atoms with Gasteiger partial charge in [0.1, 0.15) is 0 Å². The Morgan fingerprint density at radius 1 is 1.38 bits per heavy atom. The number of rotatable bonds is 3. The predicted molar refractivity (Wildman–Crippen MR) is 87.6 cm³/mol. The van der Waals surface area contributed by atoms with E-state index >= 15 is 0 Å². The van der Waals surface area contributed by atoms with Gasteiger partial charge < -0.3 is 10.6 Å². The monoisotopic (exact) mass is 328 g/mol. The summed E-state index contributed by atoms with van der Waals surface area (Å²) in [6.07, 6.45) is 2.21. The average Bonchev–Trinajstić information content (AvgIpc) is 2.51. The predicted octanol–water partition coefficient (Wildman–Crippen LogP) is 4.03. The molecule has 2 atom stereocenters. The molecule has 1 aromatic rings. The minimum absolute atomic E-state index is 0.103. The number of hydrogen-bond donors (Lipinski definition) is 1. The number of carbonyl (C=O) groups is 1. The molecule has 5 heteroatoms. The number of benzene rings is 1. The van der Waals surface area contributed by atoms with Crippen LogP contribution in [0.15, 0.2) is 18.2 Å². The topological polar surface area (TPSA) is 46.3 Å². The summed E-state index contributed by atoms with van der Waals surface area (Å²) >= 11 is 12.3. The molecule has 0 aliphatic carbocycles. The summed E-state index contributed by atoms with van der Waals surface area (Å²) < 4.78 is 0. The smallest absolute Gasteiger partial charge is 0.223 e. The molecule has 1 aliphatic heterocycles. The van der Waals surface area contributed by atoms with Crippen molar-refractivity contribution in [1.82, 2.24) is 4.90 Å². The maximum absolute atomic E-state index is 12.5. The third kappa shape index (κ3) is 3.91. The molecule has 3 nitrogen and oxygen atoms in total. The van der Waals surface area contributed by atoms with Gasteiger partial charge in [-0.25, -0.2) is 0 Å². The molecule has 0 aromatic heterocycles. The highest BCUT2D eigenvalue weighted by molar-refractivity contribution is 6.35. The molecule has 0 bridgehead atoms. The first-order chi connectivity index (χ1) is 9.90. The van der Waals surface area contributed by atoms with Crippen molar-refractivity contribution in [3.05, 3.63) is 33.8 Å². The van der Waals surface area contributed by atoms with Crippen LogP contribution in [0, 0.1) is 5.92 Å². The van der Waals surface area contributed by atoms with E-state index in [1.54, 1.807) is 12.1 Å². The Kier molecular flexibility index (Phi) is 5.53. The second-order valence-corrected chi connectivity index (χ2v) is 6.95. The zero-order chi connectivity index (χ0) is 15.6. The summed E-state index contributed by atoms with van der Waals surface area (Å²) in [6, 6.07) is 5.13. The highest BCUT2D eigenvalue weighted by atomic mass is 35.5. The Bertz CT molecular complexity index is 519. The molecule has 1 amide bonds. The van der Waals surface area contributed by atoms with Crippen LogP contribution in [-0.4, -0.2) is 23.4 Å². The van der Waals surface area contributed by atoms with Crippen LogP contribution in [0.4, 0.5) is 0 Å². The van der Waals surface area contributed by atoms with Crippen molar-refractivity contribution >= 4 is 29.1 Å². The summed E-state index contributed by atoms with van der Waals surface area (Å²) in [4.78, 5) is 14.4. The van der Waals surface area contributed by atoms with Crippen LogP contribution >= 0.6 is 23.2 Å². The van der Waals surface area contributed by atoms with Gasteiger partial charge >= 0.3 is 0 Å². The summed E-state index contributed by atoms with van der Waals surface area (Å²) in [6.45, 7) is 4.89. The quantitative estimate of drug-likeness (QED) is 0.910. The van der Waals surface area contributed by atoms with Crippen LogP contribution in [-0.2, 0) is 4.79 Å². The van der Waals surface area contributed by atoms with Crippen molar-refractivity contribution in [2.24, 2.45) is 11.7 Å². The Morgan fingerprint density at radius 2 is 2.10 bits per heavy atom. The van der Waals surface area contributed by atoms with Crippen molar-refractivity contribution in [1.29, 1.82) is 0 Å². The lowest BCUT2D eigenvalue weighted by Gasteiger charge is -2.35. The number of halogens is 2. The Hall–Kier alpha value is -0.770. The minimum Gasteiger partial charge on any atom is -0.334 e. The first-order valence-electron chi connectivity index (χ1n) is 7.40. The maximum atomic E-state index is 12.5. The molecule has 0 saturated carbocycles. The zero-order valence-electron chi connectivity index (χ0n) is 12.5. The molecule has 2 unspecified atom stereocenters. The van der Waals surface area contributed by atoms with Crippen molar-refractivity contribution in [2.75, 3.05) is 6.54 Å². The Morgan fingerprint density at radius 3 is 2.71 bits per heavy atom. The highest BCUT2D eigenvalue weighted by Crippen LogP contribution is 2.35. The van der Waals surface area contributed by atoms with Gasteiger partial charge in [0.15, 0.2) is 0 Å². The van der Waals surface area contributed by atoms with E-state index in [0.29, 0.717) is 28.9 Å². The largest absolute Gasteiger partial charge is 0.334 e. The molecule has 1 fully saturated rings. The van der Waals surface area contributed by atoms with E-state index in [0.717, 1.165) is 18.4 Å². The van der Waals surface area contributed by atoms with Gasteiger partial charge in [0.05, 0.1) is 6.04 Å². The summed E-state index contributed by atoms with van der Waals surface area (Å²) in [7, 11) is 0. The number of likely N-dealkylation sites (tertiary alicyclic amines) is 1. The van der Waals surface area contributed by atoms with Crippen LogP contribution in [0.5, 0.6) is 0 Å².